The van der Waals surface area contributed by atoms with Crippen LogP contribution in [0.25, 0.3) is 0 Å². The summed E-state index contributed by atoms with van der Waals surface area (Å²) in [7, 11) is 0. The molecular formula is C12H16FN. The van der Waals surface area contributed by atoms with Crippen molar-refractivity contribution in [2.24, 2.45) is 0 Å². The summed E-state index contributed by atoms with van der Waals surface area (Å²) in [4.78, 5) is 0. The third-order valence-corrected chi connectivity index (χ3v) is 2.53. The molecule has 14 heavy (non-hydrogen) atoms. The molecule has 0 spiro atoms. The van der Waals surface area contributed by atoms with Crippen LogP contribution in [0.2, 0.25) is 0 Å². The Morgan fingerprint density at radius 1 is 1.36 bits per heavy atom. The van der Waals surface area contributed by atoms with E-state index in [1.54, 1.807) is 12.1 Å². The van der Waals surface area contributed by atoms with Gasteiger partial charge in [0, 0.05) is 6.04 Å². The minimum absolute atomic E-state index is 0.119. The largest absolute Gasteiger partial charge is 0.314 e. The van der Waals surface area contributed by atoms with Gasteiger partial charge in [0.15, 0.2) is 0 Å². The van der Waals surface area contributed by atoms with E-state index in [9.17, 15) is 4.39 Å². The zero-order chi connectivity index (χ0) is 9.97. The van der Waals surface area contributed by atoms with Crippen LogP contribution in [-0.4, -0.2) is 12.6 Å². The number of hydrogen-bond donors (Lipinski definition) is 1. The van der Waals surface area contributed by atoms with Crippen LogP contribution in [-0.2, 0) is 6.42 Å². The predicted octanol–water partition coefficient (Wildman–Crippen LogP) is 2.43. The van der Waals surface area contributed by atoms with Crippen molar-refractivity contribution < 1.29 is 4.39 Å². The lowest BCUT2D eigenvalue weighted by molar-refractivity contribution is 0.621. The Kier molecular flexibility index (Phi) is 2.82. The molecule has 0 amide bonds. The smallest absolute Gasteiger partial charge is 0.123 e. The van der Waals surface area contributed by atoms with Crippen molar-refractivity contribution in [2.75, 3.05) is 6.54 Å². The third kappa shape index (κ3) is 2.81. The lowest BCUT2D eigenvalue weighted by Gasteiger charge is -2.04. The SMILES string of the molecule is Cc1cc(F)cc(CCNC2CC2)c1. The van der Waals surface area contributed by atoms with Gasteiger partial charge in [-0.05, 0) is 56.0 Å². The fourth-order valence-corrected chi connectivity index (χ4v) is 1.66. The van der Waals surface area contributed by atoms with Gasteiger partial charge in [0.05, 0.1) is 0 Å². The van der Waals surface area contributed by atoms with Gasteiger partial charge in [-0.15, -0.1) is 0 Å². The average molecular weight is 193 g/mol. The van der Waals surface area contributed by atoms with Crippen molar-refractivity contribution in [1.29, 1.82) is 0 Å². The highest BCUT2D eigenvalue weighted by Crippen LogP contribution is 2.18. The number of nitrogens with one attached hydrogen (secondary N) is 1. The number of hydrogen-bond acceptors (Lipinski definition) is 1. The predicted molar refractivity (Wildman–Crippen MR) is 55.9 cm³/mol. The van der Waals surface area contributed by atoms with Crippen molar-refractivity contribution in [2.45, 2.75) is 32.2 Å². The lowest BCUT2D eigenvalue weighted by atomic mass is 10.1. The summed E-state index contributed by atoms with van der Waals surface area (Å²) in [5.74, 6) is -0.119. The highest BCUT2D eigenvalue weighted by atomic mass is 19.1. The van der Waals surface area contributed by atoms with E-state index in [0.29, 0.717) is 0 Å². The van der Waals surface area contributed by atoms with Crippen molar-refractivity contribution >= 4 is 0 Å². The van der Waals surface area contributed by atoms with E-state index in [1.165, 1.54) is 12.8 Å². The summed E-state index contributed by atoms with van der Waals surface area (Å²) in [5.41, 5.74) is 2.10. The Hall–Kier alpha value is -0.890. The molecule has 0 bridgehead atoms. The second kappa shape index (κ2) is 4.09. The molecular weight excluding hydrogens is 177 g/mol. The summed E-state index contributed by atoms with van der Waals surface area (Å²) in [6, 6.07) is 5.99. The average Bonchev–Trinajstić information content (AvgIpc) is 2.86. The van der Waals surface area contributed by atoms with Gasteiger partial charge in [0.25, 0.3) is 0 Å². The second-order valence-corrected chi connectivity index (χ2v) is 4.12. The van der Waals surface area contributed by atoms with E-state index in [4.69, 9.17) is 0 Å². The highest BCUT2D eigenvalue weighted by molar-refractivity contribution is 5.23. The van der Waals surface area contributed by atoms with Gasteiger partial charge in [-0.25, -0.2) is 4.39 Å². The number of rotatable bonds is 4. The molecule has 76 valence electrons. The van der Waals surface area contributed by atoms with Crippen molar-refractivity contribution in [3.63, 3.8) is 0 Å². The van der Waals surface area contributed by atoms with Crippen LogP contribution in [0.15, 0.2) is 18.2 Å². The van der Waals surface area contributed by atoms with Gasteiger partial charge in [0.2, 0.25) is 0 Å². The van der Waals surface area contributed by atoms with Crippen LogP contribution >= 0.6 is 0 Å². The summed E-state index contributed by atoms with van der Waals surface area (Å²) < 4.78 is 13.0. The quantitative estimate of drug-likeness (QED) is 0.774. The number of aryl methyl sites for hydroxylation is 1. The normalized spacial score (nSPS) is 15.9. The van der Waals surface area contributed by atoms with Gasteiger partial charge in [0.1, 0.15) is 5.82 Å². The molecule has 2 rings (SSSR count). The van der Waals surface area contributed by atoms with E-state index < -0.39 is 0 Å². The number of benzene rings is 1. The molecule has 1 aliphatic rings. The molecule has 1 aliphatic carbocycles. The standard InChI is InChI=1S/C12H16FN/c1-9-6-10(8-11(13)7-9)4-5-14-12-2-3-12/h6-8,12,14H,2-5H2,1H3. The summed E-state index contributed by atoms with van der Waals surface area (Å²) >= 11 is 0. The van der Waals surface area contributed by atoms with Crippen LogP contribution in [0.3, 0.4) is 0 Å². The molecule has 1 aromatic carbocycles. The molecule has 0 atom stereocenters. The van der Waals surface area contributed by atoms with Gasteiger partial charge >= 0.3 is 0 Å². The zero-order valence-corrected chi connectivity index (χ0v) is 8.52. The van der Waals surface area contributed by atoms with Crippen molar-refractivity contribution in [1.82, 2.24) is 5.32 Å². The summed E-state index contributed by atoms with van der Waals surface area (Å²) in [6.45, 7) is 2.90. The fraction of sp³-hybridized carbons (Fsp3) is 0.500. The second-order valence-electron chi connectivity index (χ2n) is 4.12. The minimum atomic E-state index is -0.119. The van der Waals surface area contributed by atoms with Gasteiger partial charge < -0.3 is 5.32 Å². The van der Waals surface area contributed by atoms with E-state index in [2.05, 4.69) is 11.4 Å². The molecule has 0 aromatic heterocycles. The molecule has 1 N–H and O–H groups in total. The first-order valence-electron chi connectivity index (χ1n) is 5.23. The fourth-order valence-electron chi connectivity index (χ4n) is 1.66. The maximum Gasteiger partial charge on any atom is 0.123 e. The zero-order valence-electron chi connectivity index (χ0n) is 8.52. The molecule has 0 aliphatic heterocycles. The van der Waals surface area contributed by atoms with Crippen LogP contribution in [0.1, 0.15) is 24.0 Å². The van der Waals surface area contributed by atoms with E-state index in [0.717, 1.165) is 30.1 Å². The molecule has 1 nitrogen and oxygen atoms in total. The number of halogens is 1. The molecule has 1 fully saturated rings. The van der Waals surface area contributed by atoms with Gasteiger partial charge in [-0.1, -0.05) is 6.07 Å². The van der Waals surface area contributed by atoms with E-state index >= 15 is 0 Å². The van der Waals surface area contributed by atoms with E-state index in [-0.39, 0.29) is 5.82 Å². The first-order chi connectivity index (χ1) is 6.74. The third-order valence-electron chi connectivity index (χ3n) is 2.53. The Morgan fingerprint density at radius 3 is 2.79 bits per heavy atom. The maximum atomic E-state index is 13.0. The molecule has 1 saturated carbocycles. The molecule has 2 heteroatoms. The molecule has 1 aromatic rings. The first kappa shape index (κ1) is 9.66. The Morgan fingerprint density at radius 2 is 2.14 bits per heavy atom. The van der Waals surface area contributed by atoms with Gasteiger partial charge in [-0.3, -0.25) is 0 Å². The molecule has 0 heterocycles. The van der Waals surface area contributed by atoms with Gasteiger partial charge in [-0.2, -0.15) is 0 Å². The Labute approximate surface area is 84.3 Å². The van der Waals surface area contributed by atoms with Crippen molar-refractivity contribution in [3.8, 4) is 0 Å². The van der Waals surface area contributed by atoms with Crippen LogP contribution in [0.4, 0.5) is 4.39 Å². The molecule has 0 unspecified atom stereocenters. The Balaban J connectivity index is 1.87. The van der Waals surface area contributed by atoms with E-state index in [1.807, 2.05) is 6.92 Å². The van der Waals surface area contributed by atoms with Crippen LogP contribution < -0.4 is 5.32 Å². The van der Waals surface area contributed by atoms with Crippen molar-refractivity contribution in [3.05, 3.63) is 35.1 Å². The van der Waals surface area contributed by atoms with Crippen LogP contribution in [0, 0.1) is 12.7 Å². The minimum Gasteiger partial charge on any atom is -0.314 e. The summed E-state index contributed by atoms with van der Waals surface area (Å²) in [5, 5.41) is 3.42. The van der Waals surface area contributed by atoms with Crippen LogP contribution in [0.5, 0.6) is 0 Å². The lowest BCUT2D eigenvalue weighted by Crippen LogP contribution is -2.19. The highest BCUT2D eigenvalue weighted by Gasteiger charge is 2.19. The molecule has 0 radical (unpaired) electrons. The molecule has 0 saturated heterocycles. The summed E-state index contributed by atoms with van der Waals surface area (Å²) in [6.07, 6.45) is 3.54. The Bertz CT molecular complexity index is 298. The topological polar surface area (TPSA) is 12.0 Å². The maximum absolute atomic E-state index is 13.0. The monoisotopic (exact) mass is 193 g/mol. The first-order valence-corrected chi connectivity index (χ1v) is 5.23.